The van der Waals surface area contributed by atoms with Crippen LogP contribution in [0.4, 0.5) is 0 Å². The van der Waals surface area contributed by atoms with E-state index < -0.39 is 0 Å². The molecule has 2 aromatic rings. The predicted octanol–water partition coefficient (Wildman–Crippen LogP) is 3.04. The molecule has 3 rings (SSSR count). The van der Waals surface area contributed by atoms with Gasteiger partial charge in [0.25, 0.3) is 11.8 Å². The molecule has 0 aromatic heterocycles. The van der Waals surface area contributed by atoms with E-state index in [2.05, 4.69) is 5.32 Å². The fourth-order valence-corrected chi connectivity index (χ4v) is 3.20. The number of rotatable bonds is 4. The van der Waals surface area contributed by atoms with Crippen molar-refractivity contribution in [3.05, 3.63) is 65.2 Å². The third-order valence-electron chi connectivity index (χ3n) is 4.77. The average molecular weight is 352 g/mol. The maximum absolute atomic E-state index is 12.6. The van der Waals surface area contributed by atoms with E-state index in [1.165, 1.54) is 0 Å². The molecule has 1 saturated heterocycles. The Kier molecular flexibility index (Phi) is 5.56. The van der Waals surface area contributed by atoms with Crippen LogP contribution in [-0.2, 0) is 0 Å². The number of aryl methyl sites for hydroxylation is 1. The van der Waals surface area contributed by atoms with Crippen LogP contribution < -0.4 is 10.1 Å². The molecule has 0 spiro atoms. The summed E-state index contributed by atoms with van der Waals surface area (Å²) in [6.07, 6.45) is 1.50. The van der Waals surface area contributed by atoms with Gasteiger partial charge >= 0.3 is 0 Å². The number of benzene rings is 2. The molecule has 1 aliphatic heterocycles. The fourth-order valence-electron chi connectivity index (χ4n) is 3.20. The minimum atomic E-state index is -0.134. The Balaban J connectivity index is 1.56. The van der Waals surface area contributed by atoms with Crippen molar-refractivity contribution >= 4 is 11.8 Å². The molecule has 5 heteroatoms. The van der Waals surface area contributed by atoms with Gasteiger partial charge in [-0.25, -0.2) is 0 Å². The van der Waals surface area contributed by atoms with Gasteiger partial charge in [-0.15, -0.1) is 0 Å². The lowest BCUT2D eigenvalue weighted by molar-refractivity contribution is 0.0698. The number of likely N-dealkylation sites (tertiary alicyclic amines) is 1. The molecule has 26 heavy (non-hydrogen) atoms. The lowest BCUT2D eigenvalue weighted by Crippen LogP contribution is -2.46. The van der Waals surface area contributed by atoms with Gasteiger partial charge in [-0.1, -0.05) is 29.8 Å². The number of carbonyl (C=O) groups excluding carboxylic acids is 2. The second-order valence-electron chi connectivity index (χ2n) is 6.61. The van der Waals surface area contributed by atoms with Crippen LogP contribution in [0.2, 0.25) is 0 Å². The van der Waals surface area contributed by atoms with Crippen LogP contribution in [0.3, 0.4) is 0 Å². The first kappa shape index (κ1) is 18.0. The molecule has 1 fully saturated rings. The van der Waals surface area contributed by atoms with Crippen LogP contribution in [-0.4, -0.2) is 43.0 Å². The Hall–Kier alpha value is -2.82. The molecule has 0 saturated carbocycles. The lowest BCUT2D eigenvalue weighted by atomic mass is 10.0. The van der Waals surface area contributed by atoms with E-state index >= 15 is 0 Å². The summed E-state index contributed by atoms with van der Waals surface area (Å²) < 4.78 is 5.25. The van der Waals surface area contributed by atoms with Crippen LogP contribution in [0.1, 0.15) is 39.1 Å². The molecule has 5 nitrogen and oxygen atoms in total. The second kappa shape index (κ2) is 8.04. The van der Waals surface area contributed by atoms with Crippen LogP contribution in [0.25, 0.3) is 0 Å². The molecule has 2 amide bonds. The smallest absolute Gasteiger partial charge is 0.255 e. The summed E-state index contributed by atoms with van der Waals surface area (Å²) in [4.78, 5) is 26.9. The summed E-state index contributed by atoms with van der Waals surface area (Å²) in [7, 11) is 1.56. The summed E-state index contributed by atoms with van der Waals surface area (Å²) in [5, 5.41) is 3.06. The number of nitrogens with zero attached hydrogens (tertiary/aromatic N) is 1. The van der Waals surface area contributed by atoms with Gasteiger partial charge in [0, 0.05) is 24.7 Å². The normalized spacial score (nSPS) is 14.8. The predicted molar refractivity (Wildman–Crippen MR) is 101 cm³/mol. The molecule has 0 aliphatic carbocycles. The van der Waals surface area contributed by atoms with Gasteiger partial charge in [0.2, 0.25) is 0 Å². The van der Waals surface area contributed by atoms with Crippen LogP contribution in [0, 0.1) is 6.92 Å². The van der Waals surface area contributed by atoms with Gasteiger partial charge in [0.1, 0.15) is 5.75 Å². The van der Waals surface area contributed by atoms with Gasteiger partial charge in [-0.2, -0.15) is 0 Å². The van der Waals surface area contributed by atoms with Crippen molar-refractivity contribution in [1.29, 1.82) is 0 Å². The standard InChI is InChI=1S/C21H24N2O3/c1-15-7-9-16(10-8-15)21(25)23-13-11-17(12-14-23)22-20(24)18-5-3-4-6-19(18)26-2/h3-10,17H,11-14H2,1-2H3,(H,22,24). The van der Waals surface area contributed by atoms with Crippen LogP contribution in [0.15, 0.2) is 48.5 Å². The quantitative estimate of drug-likeness (QED) is 0.920. The van der Waals surface area contributed by atoms with Crippen molar-refractivity contribution in [2.45, 2.75) is 25.8 Å². The van der Waals surface area contributed by atoms with E-state index in [0.29, 0.717) is 30.0 Å². The molecule has 0 unspecified atom stereocenters. The van der Waals surface area contributed by atoms with Crippen molar-refractivity contribution < 1.29 is 14.3 Å². The number of nitrogens with one attached hydrogen (secondary N) is 1. The van der Waals surface area contributed by atoms with E-state index in [-0.39, 0.29) is 17.9 Å². The van der Waals surface area contributed by atoms with Crippen LogP contribution in [0.5, 0.6) is 5.75 Å². The number of ether oxygens (including phenoxy) is 1. The molecule has 0 atom stereocenters. The van der Waals surface area contributed by atoms with E-state index in [4.69, 9.17) is 4.74 Å². The molecule has 1 aliphatic rings. The molecular formula is C21H24N2O3. The summed E-state index contributed by atoms with van der Waals surface area (Å²) in [6, 6.07) is 14.9. The molecule has 1 N–H and O–H groups in total. The molecule has 1 heterocycles. The first-order valence-electron chi connectivity index (χ1n) is 8.88. The van der Waals surface area contributed by atoms with Gasteiger partial charge < -0.3 is 15.0 Å². The number of methoxy groups -OCH3 is 1. The number of para-hydroxylation sites is 1. The Morgan fingerprint density at radius 2 is 1.69 bits per heavy atom. The maximum atomic E-state index is 12.6. The van der Waals surface area contributed by atoms with Gasteiger partial charge in [0.15, 0.2) is 0 Å². The van der Waals surface area contributed by atoms with Crippen molar-refractivity contribution in [3.8, 4) is 5.75 Å². The first-order valence-corrected chi connectivity index (χ1v) is 8.88. The van der Waals surface area contributed by atoms with Gasteiger partial charge in [-0.05, 0) is 44.0 Å². The van der Waals surface area contributed by atoms with Gasteiger partial charge in [0.05, 0.1) is 12.7 Å². The largest absolute Gasteiger partial charge is 0.496 e. The number of hydrogen-bond acceptors (Lipinski definition) is 3. The summed E-state index contributed by atoms with van der Waals surface area (Å²) in [5.74, 6) is 0.488. The summed E-state index contributed by atoms with van der Waals surface area (Å²) >= 11 is 0. The highest BCUT2D eigenvalue weighted by molar-refractivity contribution is 5.97. The summed E-state index contributed by atoms with van der Waals surface area (Å²) in [5.41, 5.74) is 2.39. The SMILES string of the molecule is COc1ccccc1C(=O)NC1CCN(C(=O)c2ccc(C)cc2)CC1. The number of hydrogen-bond donors (Lipinski definition) is 1. The molecule has 2 aromatic carbocycles. The highest BCUT2D eigenvalue weighted by Gasteiger charge is 2.25. The Morgan fingerprint density at radius 1 is 1.04 bits per heavy atom. The Morgan fingerprint density at radius 3 is 2.35 bits per heavy atom. The third kappa shape index (κ3) is 4.04. The first-order chi connectivity index (χ1) is 12.6. The third-order valence-corrected chi connectivity index (χ3v) is 4.77. The highest BCUT2D eigenvalue weighted by Crippen LogP contribution is 2.19. The van der Waals surface area contributed by atoms with Crippen molar-refractivity contribution in [3.63, 3.8) is 0 Å². The number of carbonyl (C=O) groups is 2. The lowest BCUT2D eigenvalue weighted by Gasteiger charge is -2.32. The van der Waals surface area contributed by atoms with Gasteiger partial charge in [-0.3, -0.25) is 9.59 Å². The topological polar surface area (TPSA) is 58.6 Å². The maximum Gasteiger partial charge on any atom is 0.255 e. The second-order valence-corrected chi connectivity index (χ2v) is 6.61. The molecule has 136 valence electrons. The van der Waals surface area contributed by atoms with E-state index in [0.717, 1.165) is 18.4 Å². The molecular weight excluding hydrogens is 328 g/mol. The zero-order valence-electron chi connectivity index (χ0n) is 15.2. The van der Waals surface area contributed by atoms with Crippen LogP contribution >= 0.6 is 0 Å². The monoisotopic (exact) mass is 352 g/mol. The number of piperidine rings is 1. The van der Waals surface area contributed by atoms with Crippen molar-refractivity contribution in [1.82, 2.24) is 10.2 Å². The Labute approximate surface area is 154 Å². The average Bonchev–Trinajstić information content (AvgIpc) is 2.68. The van der Waals surface area contributed by atoms with Crippen molar-refractivity contribution in [2.75, 3.05) is 20.2 Å². The molecule has 0 radical (unpaired) electrons. The van der Waals surface area contributed by atoms with E-state index in [9.17, 15) is 9.59 Å². The minimum absolute atomic E-state index is 0.0551. The fraction of sp³-hybridized carbons (Fsp3) is 0.333. The van der Waals surface area contributed by atoms with E-state index in [1.54, 1.807) is 19.2 Å². The zero-order valence-corrected chi connectivity index (χ0v) is 15.2. The molecule has 0 bridgehead atoms. The van der Waals surface area contributed by atoms with Crippen molar-refractivity contribution in [2.24, 2.45) is 0 Å². The number of amides is 2. The minimum Gasteiger partial charge on any atom is -0.496 e. The highest BCUT2D eigenvalue weighted by atomic mass is 16.5. The summed E-state index contributed by atoms with van der Waals surface area (Å²) in [6.45, 7) is 3.29. The van der Waals surface area contributed by atoms with E-state index in [1.807, 2.05) is 48.2 Å². The Bertz CT molecular complexity index is 778. The zero-order chi connectivity index (χ0) is 18.5.